The lowest BCUT2D eigenvalue weighted by molar-refractivity contribution is -0.117. The number of anilines is 1. The molecule has 10 heteroatoms. The van der Waals surface area contributed by atoms with Gasteiger partial charge in [-0.05, 0) is 99.5 Å². The zero-order valence-corrected chi connectivity index (χ0v) is 25.5. The first-order chi connectivity index (χ1) is 20.5. The maximum absolute atomic E-state index is 15.1. The van der Waals surface area contributed by atoms with Crippen LogP contribution in [-0.2, 0) is 25.6 Å². The Balaban J connectivity index is 1.37. The zero-order chi connectivity index (χ0) is 31.1. The summed E-state index contributed by atoms with van der Waals surface area (Å²) in [6.45, 7) is 9.19. The predicted molar refractivity (Wildman–Crippen MR) is 166 cm³/mol. The van der Waals surface area contributed by atoms with E-state index in [1.54, 1.807) is 74.6 Å². The van der Waals surface area contributed by atoms with Crippen LogP contribution in [0.4, 0.5) is 14.9 Å². The second-order valence-electron chi connectivity index (χ2n) is 11.0. The normalized spacial score (nSPS) is 15.5. The molecule has 1 unspecified atom stereocenters. The highest BCUT2D eigenvalue weighted by Crippen LogP contribution is 2.27. The molecule has 0 radical (unpaired) electrons. The molecule has 2 N–H and O–H groups in total. The van der Waals surface area contributed by atoms with E-state index in [1.165, 1.54) is 6.07 Å². The number of nitrogens with zero attached hydrogens (tertiary/aromatic N) is 1. The molecule has 8 nitrogen and oxygen atoms in total. The van der Waals surface area contributed by atoms with Gasteiger partial charge in [0.15, 0.2) is 17.9 Å². The number of ether oxygens (including phenoxy) is 1. The number of carbonyl (C=O) groups excluding carboxylic acids is 3. The van der Waals surface area contributed by atoms with E-state index >= 15 is 4.39 Å². The molecule has 3 aromatic rings. The number of hydrogen-bond acceptors (Lipinski definition) is 8. The van der Waals surface area contributed by atoms with Crippen molar-refractivity contribution < 1.29 is 28.3 Å². The lowest BCUT2D eigenvalue weighted by Gasteiger charge is -2.19. The highest BCUT2D eigenvalue weighted by atomic mass is 32.1. The van der Waals surface area contributed by atoms with Crippen LogP contribution in [0, 0.1) is 12.7 Å². The lowest BCUT2D eigenvalue weighted by atomic mass is 10.00. The topological polar surface area (TPSA) is 106 Å². The fraction of sp³-hybridized carbons (Fsp3) is 0.273. The van der Waals surface area contributed by atoms with E-state index in [4.69, 9.17) is 9.57 Å². The number of aliphatic imine (C=N–C) groups is 1. The summed E-state index contributed by atoms with van der Waals surface area (Å²) in [4.78, 5) is 47.5. The van der Waals surface area contributed by atoms with E-state index in [0.29, 0.717) is 23.1 Å². The number of thiophene rings is 1. The van der Waals surface area contributed by atoms with Crippen LogP contribution in [0.2, 0.25) is 0 Å². The van der Waals surface area contributed by atoms with Crippen molar-refractivity contribution in [1.29, 1.82) is 0 Å². The van der Waals surface area contributed by atoms with Gasteiger partial charge in [0.1, 0.15) is 11.4 Å². The fourth-order valence-corrected chi connectivity index (χ4v) is 5.18. The molecule has 1 aliphatic rings. The molecule has 4 rings (SSSR count). The summed E-state index contributed by atoms with van der Waals surface area (Å²) in [5.41, 5.74) is 6.15. The maximum Gasteiger partial charge on any atom is 0.412 e. The van der Waals surface area contributed by atoms with E-state index in [9.17, 15) is 14.4 Å². The van der Waals surface area contributed by atoms with Crippen LogP contribution in [0.15, 0.2) is 76.6 Å². The van der Waals surface area contributed by atoms with Crippen molar-refractivity contribution in [2.45, 2.75) is 59.3 Å². The monoisotopic (exact) mass is 603 g/mol. The van der Waals surface area contributed by atoms with Crippen LogP contribution in [0.3, 0.4) is 0 Å². The van der Waals surface area contributed by atoms with Gasteiger partial charge in [0, 0.05) is 22.5 Å². The van der Waals surface area contributed by atoms with Crippen molar-refractivity contribution >= 4 is 46.6 Å². The van der Waals surface area contributed by atoms with Crippen LogP contribution in [0.25, 0.3) is 5.57 Å². The van der Waals surface area contributed by atoms with E-state index in [1.807, 2.05) is 31.4 Å². The van der Waals surface area contributed by atoms with Crippen molar-refractivity contribution in [1.82, 2.24) is 5.48 Å². The number of allylic oxidation sites excluding steroid dienone is 4. The number of benzene rings is 2. The molecular weight excluding hydrogens is 569 g/mol. The molecule has 1 amide bonds. The number of ketones is 1. The van der Waals surface area contributed by atoms with Crippen molar-refractivity contribution in [3.8, 4) is 0 Å². The first-order valence-electron chi connectivity index (χ1n) is 13.8. The van der Waals surface area contributed by atoms with Crippen LogP contribution in [0.5, 0.6) is 0 Å². The molecular formula is C33H34FN3O5S. The summed E-state index contributed by atoms with van der Waals surface area (Å²) in [7, 11) is 0. The second kappa shape index (κ2) is 13.7. The van der Waals surface area contributed by atoms with E-state index in [2.05, 4.69) is 15.8 Å². The highest BCUT2D eigenvalue weighted by Gasteiger charge is 2.23. The fourth-order valence-electron chi connectivity index (χ4n) is 4.24. The van der Waals surface area contributed by atoms with Gasteiger partial charge in [-0.3, -0.25) is 14.9 Å². The number of amidine groups is 1. The average Bonchev–Trinajstić information content (AvgIpc) is 3.61. The van der Waals surface area contributed by atoms with Gasteiger partial charge >= 0.3 is 6.09 Å². The zero-order valence-electron chi connectivity index (χ0n) is 24.7. The first kappa shape index (κ1) is 31.5. The number of halogens is 1. The third-order valence-electron chi connectivity index (χ3n) is 6.37. The summed E-state index contributed by atoms with van der Waals surface area (Å²) in [5, 5.41) is 4.67. The van der Waals surface area contributed by atoms with Gasteiger partial charge < -0.3 is 4.74 Å². The van der Waals surface area contributed by atoms with E-state index in [-0.39, 0.29) is 35.6 Å². The Morgan fingerprint density at radius 3 is 2.51 bits per heavy atom. The molecule has 0 bridgehead atoms. The summed E-state index contributed by atoms with van der Waals surface area (Å²) in [5.74, 6) is -0.597. The Morgan fingerprint density at radius 2 is 1.91 bits per heavy atom. The van der Waals surface area contributed by atoms with Gasteiger partial charge in [0.2, 0.25) is 6.23 Å². The Hall–Kier alpha value is -4.41. The minimum absolute atomic E-state index is 0.0625. The standard InChI is InChI=1S/C33H34FN3O5S/c1-6-22(29-15-20(2)19-43-29)17-24(18-38)28(39)14-8-21-7-13-26(27(34)16-21)30-36-31(42-37-30)23-9-11-25(12-10-23)35-32(40)41-33(3,4)5/h6-7,9-13,15-19,31H,8,14H2,1-5H3,(H,35,40)(H,36,37)/b22-6+,24-17-. The number of carbonyl (C=O) groups is 3. The van der Waals surface area contributed by atoms with Gasteiger partial charge in [-0.2, -0.15) is 0 Å². The van der Waals surface area contributed by atoms with Crippen LogP contribution in [-0.4, -0.2) is 29.6 Å². The highest BCUT2D eigenvalue weighted by molar-refractivity contribution is 7.11. The quantitative estimate of drug-likeness (QED) is 0.0831. The van der Waals surface area contributed by atoms with Crippen LogP contribution >= 0.6 is 11.3 Å². The lowest BCUT2D eigenvalue weighted by Crippen LogP contribution is -2.27. The van der Waals surface area contributed by atoms with Gasteiger partial charge in [-0.1, -0.05) is 24.3 Å². The molecule has 1 atom stereocenters. The summed E-state index contributed by atoms with van der Waals surface area (Å²) in [6, 6.07) is 13.5. The van der Waals surface area contributed by atoms with Crippen molar-refractivity contribution in [3.63, 3.8) is 0 Å². The summed E-state index contributed by atoms with van der Waals surface area (Å²) in [6.07, 6.45) is 3.10. The molecule has 0 saturated heterocycles. The number of aryl methyl sites for hydroxylation is 2. The molecule has 0 aliphatic carbocycles. The number of amides is 1. The second-order valence-corrected chi connectivity index (χ2v) is 11.9. The van der Waals surface area contributed by atoms with Crippen molar-refractivity contribution in [2.75, 3.05) is 5.32 Å². The van der Waals surface area contributed by atoms with Crippen molar-refractivity contribution in [3.05, 3.63) is 105 Å². The number of Topliss-reactive ketones (excluding diaryl/α,β-unsaturated/α-hetero) is 1. The maximum atomic E-state index is 15.1. The average molecular weight is 604 g/mol. The minimum atomic E-state index is -0.712. The number of rotatable bonds is 10. The molecule has 2 aromatic carbocycles. The number of aldehydes is 1. The van der Waals surface area contributed by atoms with Gasteiger partial charge in [0.05, 0.1) is 11.1 Å². The van der Waals surface area contributed by atoms with Crippen LogP contribution in [0.1, 0.15) is 67.5 Å². The van der Waals surface area contributed by atoms with Gasteiger partial charge in [0.25, 0.3) is 0 Å². The van der Waals surface area contributed by atoms with Gasteiger partial charge in [-0.25, -0.2) is 24.5 Å². The molecule has 0 fully saturated rings. The Morgan fingerprint density at radius 1 is 1.16 bits per heavy atom. The van der Waals surface area contributed by atoms with Crippen LogP contribution < -0.4 is 10.8 Å². The largest absolute Gasteiger partial charge is 0.444 e. The molecule has 0 spiro atoms. The number of hydroxylamine groups is 1. The summed E-state index contributed by atoms with van der Waals surface area (Å²) < 4.78 is 20.3. The SMILES string of the molecule is C/C=C(\C=C(\C=O)C(=O)CCc1ccc(C2=NC(c3ccc(NC(=O)OC(C)(C)C)cc3)ON2)c(F)c1)c1cc(C)cs1. The number of nitrogens with one attached hydrogen (secondary N) is 2. The van der Waals surface area contributed by atoms with E-state index < -0.39 is 23.7 Å². The predicted octanol–water partition coefficient (Wildman–Crippen LogP) is 7.25. The molecule has 1 aliphatic heterocycles. The Labute approximate surface area is 254 Å². The Kier molecular flexibility index (Phi) is 10.1. The minimum Gasteiger partial charge on any atom is -0.444 e. The molecule has 224 valence electrons. The molecule has 1 aromatic heterocycles. The number of hydrogen-bond donors (Lipinski definition) is 2. The first-order valence-corrected chi connectivity index (χ1v) is 14.6. The molecule has 2 heterocycles. The van der Waals surface area contributed by atoms with Gasteiger partial charge in [-0.15, -0.1) is 11.3 Å². The molecule has 43 heavy (non-hydrogen) atoms. The third kappa shape index (κ3) is 8.56. The smallest absolute Gasteiger partial charge is 0.412 e. The third-order valence-corrected chi connectivity index (χ3v) is 7.47. The summed E-state index contributed by atoms with van der Waals surface area (Å²) >= 11 is 1.55. The van der Waals surface area contributed by atoms with E-state index in [0.717, 1.165) is 16.0 Å². The molecule has 0 saturated carbocycles. The van der Waals surface area contributed by atoms with Crippen molar-refractivity contribution in [2.24, 2.45) is 4.99 Å². The Bertz CT molecular complexity index is 1600.